The van der Waals surface area contributed by atoms with Crippen LogP contribution in [0.4, 0.5) is 9.59 Å². The predicted octanol–water partition coefficient (Wildman–Crippen LogP) is 1.81. The van der Waals surface area contributed by atoms with Gasteiger partial charge in [-0.15, -0.1) is 0 Å². The highest BCUT2D eigenvalue weighted by molar-refractivity contribution is 6.76. The average Bonchev–Trinajstić information content (AvgIpc) is 2.86. The van der Waals surface area contributed by atoms with Crippen molar-refractivity contribution in [1.29, 1.82) is 0 Å². The number of hydrogen-bond donors (Lipinski definition) is 2. The summed E-state index contributed by atoms with van der Waals surface area (Å²) >= 11 is 0. The summed E-state index contributed by atoms with van der Waals surface area (Å²) in [6, 6.07) is 0.298. The molecule has 0 aromatic rings. The summed E-state index contributed by atoms with van der Waals surface area (Å²) < 4.78 is 10.2. The van der Waals surface area contributed by atoms with Crippen LogP contribution < -0.4 is 5.32 Å². The van der Waals surface area contributed by atoms with Gasteiger partial charge in [0.2, 0.25) is 0 Å². The highest BCUT2D eigenvalue weighted by Crippen LogP contribution is 2.19. The third kappa shape index (κ3) is 7.04. The van der Waals surface area contributed by atoms with Gasteiger partial charge in [0.15, 0.2) is 0 Å². The molecule has 1 saturated heterocycles. The smallest absolute Gasteiger partial charge is 0.410 e. The van der Waals surface area contributed by atoms with E-state index in [0.29, 0.717) is 19.6 Å². The van der Waals surface area contributed by atoms with Crippen molar-refractivity contribution in [3.63, 3.8) is 0 Å². The summed E-state index contributed by atoms with van der Waals surface area (Å²) in [5.74, 6) is 0. The minimum Gasteiger partial charge on any atom is -0.450 e. The fourth-order valence-electron chi connectivity index (χ4n) is 2.29. The van der Waals surface area contributed by atoms with Crippen LogP contribution in [0.25, 0.3) is 0 Å². The Morgan fingerprint density at radius 2 is 2.09 bits per heavy atom. The Kier molecular flexibility index (Phi) is 7.57. The van der Waals surface area contributed by atoms with Crippen LogP contribution in [0.2, 0.25) is 25.7 Å². The maximum absolute atomic E-state index is 11.9. The number of aliphatic hydroxyl groups excluding tert-OH is 1. The lowest BCUT2D eigenvalue weighted by molar-refractivity contribution is 0.0921. The second-order valence-corrected chi connectivity index (χ2v) is 12.5. The van der Waals surface area contributed by atoms with E-state index in [1.165, 1.54) is 11.0 Å². The molecule has 1 aliphatic heterocycles. The molecule has 0 radical (unpaired) electrons. The van der Waals surface area contributed by atoms with Crippen molar-refractivity contribution in [1.82, 2.24) is 10.2 Å². The van der Waals surface area contributed by atoms with Crippen LogP contribution in [0, 0.1) is 0 Å². The molecule has 0 spiro atoms. The molecule has 7 nitrogen and oxygen atoms in total. The Hall–Kier alpha value is -1.54. The highest BCUT2D eigenvalue weighted by atomic mass is 28.3. The molecule has 2 atom stereocenters. The molecule has 1 rings (SSSR count). The number of aliphatic hydroxyl groups is 1. The molecule has 2 amide bonds. The molecule has 0 saturated carbocycles. The number of amides is 2. The topological polar surface area (TPSA) is 88.1 Å². The van der Waals surface area contributed by atoms with Gasteiger partial charge in [0.1, 0.15) is 6.61 Å². The molecule has 23 heavy (non-hydrogen) atoms. The molecule has 1 heterocycles. The van der Waals surface area contributed by atoms with Gasteiger partial charge in [-0.3, -0.25) is 0 Å². The predicted molar refractivity (Wildman–Crippen MR) is 90.2 cm³/mol. The van der Waals surface area contributed by atoms with Gasteiger partial charge in [0, 0.05) is 14.6 Å². The van der Waals surface area contributed by atoms with Crippen LogP contribution in [0.5, 0.6) is 0 Å². The second-order valence-electron chi connectivity index (χ2n) is 6.88. The van der Waals surface area contributed by atoms with Crippen LogP contribution in [-0.2, 0) is 9.47 Å². The first-order chi connectivity index (χ1) is 10.8. The third-order valence-electron chi connectivity index (χ3n) is 3.59. The first-order valence-corrected chi connectivity index (χ1v) is 11.6. The maximum atomic E-state index is 11.9. The number of carbonyl (C=O) groups excluding carboxylic acids is 2. The van der Waals surface area contributed by atoms with E-state index in [1.54, 1.807) is 0 Å². The molecular weight excluding hydrogens is 316 g/mol. The number of hydrogen-bond acceptors (Lipinski definition) is 5. The van der Waals surface area contributed by atoms with E-state index in [-0.39, 0.29) is 25.3 Å². The van der Waals surface area contributed by atoms with Crippen molar-refractivity contribution in [2.24, 2.45) is 0 Å². The number of carbonyl (C=O) groups is 2. The zero-order valence-electron chi connectivity index (χ0n) is 14.2. The lowest BCUT2D eigenvalue weighted by Gasteiger charge is -2.21. The summed E-state index contributed by atoms with van der Waals surface area (Å²) in [4.78, 5) is 25.1. The molecule has 0 bridgehead atoms. The third-order valence-corrected chi connectivity index (χ3v) is 5.30. The fraction of sp³-hybridized carbons (Fsp3) is 0.733. The van der Waals surface area contributed by atoms with E-state index < -0.39 is 20.3 Å². The first-order valence-electron chi connectivity index (χ1n) is 7.85. The van der Waals surface area contributed by atoms with E-state index in [4.69, 9.17) is 9.47 Å². The van der Waals surface area contributed by atoms with Gasteiger partial charge in [-0.2, -0.15) is 0 Å². The number of rotatable bonds is 7. The Balaban J connectivity index is 2.42. The number of alkyl carbamates (subject to hydrolysis) is 1. The normalized spacial score (nSPS) is 21.0. The second kappa shape index (κ2) is 8.93. The van der Waals surface area contributed by atoms with Crippen molar-refractivity contribution < 1.29 is 24.2 Å². The standard InChI is InChI=1S/C15H28N2O5Si/c1-5-6-22-15(20)17-10-12(9-13(17)11-18)16-14(19)21-7-8-23(2,3)4/h5,12-13,18H,1,6-11H2,2-4H3,(H,16,19)/t12-,13+/m1/s1. The molecule has 0 aromatic heterocycles. The summed E-state index contributed by atoms with van der Waals surface area (Å²) in [5, 5.41) is 12.1. The van der Waals surface area contributed by atoms with Crippen molar-refractivity contribution in [2.45, 2.75) is 44.2 Å². The molecule has 2 N–H and O–H groups in total. The van der Waals surface area contributed by atoms with E-state index in [2.05, 4.69) is 31.5 Å². The SMILES string of the molecule is C=CCOC(=O)N1C[C@H](NC(=O)OCC[Si](C)(C)C)C[C@H]1CO. The average molecular weight is 344 g/mol. The largest absolute Gasteiger partial charge is 0.450 e. The van der Waals surface area contributed by atoms with Crippen LogP contribution in [-0.4, -0.2) is 68.7 Å². The zero-order chi connectivity index (χ0) is 17.5. The fourth-order valence-corrected chi connectivity index (χ4v) is 3.00. The number of nitrogens with one attached hydrogen (secondary N) is 1. The molecule has 8 heteroatoms. The monoisotopic (exact) mass is 344 g/mol. The molecular formula is C15H28N2O5Si. The van der Waals surface area contributed by atoms with Crippen molar-refractivity contribution in [3.8, 4) is 0 Å². The molecule has 132 valence electrons. The Labute approximate surface area is 138 Å². The van der Waals surface area contributed by atoms with Gasteiger partial charge in [-0.1, -0.05) is 32.3 Å². The zero-order valence-corrected chi connectivity index (χ0v) is 15.2. The quantitative estimate of drug-likeness (QED) is 0.543. The summed E-state index contributed by atoms with van der Waals surface area (Å²) in [5.41, 5.74) is 0. The number of likely N-dealkylation sites (tertiary alicyclic amines) is 1. The van der Waals surface area contributed by atoms with Gasteiger partial charge in [0.25, 0.3) is 0 Å². The Morgan fingerprint density at radius 3 is 2.65 bits per heavy atom. The Morgan fingerprint density at radius 1 is 1.39 bits per heavy atom. The van der Waals surface area contributed by atoms with Crippen LogP contribution in [0.1, 0.15) is 6.42 Å². The van der Waals surface area contributed by atoms with Crippen molar-refractivity contribution >= 4 is 20.3 Å². The number of nitrogens with zero attached hydrogens (tertiary/aromatic N) is 1. The summed E-state index contributed by atoms with van der Waals surface area (Å²) in [7, 11) is -1.24. The molecule has 0 unspecified atom stereocenters. The van der Waals surface area contributed by atoms with Crippen molar-refractivity contribution in [2.75, 3.05) is 26.4 Å². The van der Waals surface area contributed by atoms with Crippen LogP contribution in [0.15, 0.2) is 12.7 Å². The summed E-state index contributed by atoms with van der Waals surface area (Å²) in [6.45, 7) is 10.8. The lowest BCUT2D eigenvalue weighted by Crippen LogP contribution is -2.40. The molecule has 1 fully saturated rings. The summed E-state index contributed by atoms with van der Waals surface area (Å²) in [6.07, 6.45) is 0.961. The van der Waals surface area contributed by atoms with Gasteiger partial charge >= 0.3 is 12.2 Å². The van der Waals surface area contributed by atoms with Crippen LogP contribution in [0.3, 0.4) is 0 Å². The van der Waals surface area contributed by atoms with E-state index in [0.717, 1.165) is 6.04 Å². The van der Waals surface area contributed by atoms with Gasteiger partial charge in [-0.25, -0.2) is 9.59 Å². The number of ether oxygens (including phenoxy) is 2. The minimum atomic E-state index is -1.24. The van der Waals surface area contributed by atoms with Crippen LogP contribution >= 0.6 is 0 Å². The first kappa shape index (κ1) is 19.5. The van der Waals surface area contributed by atoms with Gasteiger partial charge < -0.3 is 24.8 Å². The van der Waals surface area contributed by atoms with E-state index in [9.17, 15) is 14.7 Å². The molecule has 0 aliphatic carbocycles. The molecule has 1 aliphatic rings. The Bertz CT molecular complexity index is 425. The van der Waals surface area contributed by atoms with E-state index in [1.807, 2.05) is 0 Å². The van der Waals surface area contributed by atoms with Crippen molar-refractivity contribution in [3.05, 3.63) is 12.7 Å². The highest BCUT2D eigenvalue weighted by Gasteiger charge is 2.36. The maximum Gasteiger partial charge on any atom is 0.410 e. The molecule has 0 aromatic carbocycles. The van der Waals surface area contributed by atoms with Gasteiger partial charge in [-0.05, 0) is 12.5 Å². The minimum absolute atomic E-state index is 0.115. The lowest BCUT2D eigenvalue weighted by atomic mass is 10.2. The van der Waals surface area contributed by atoms with E-state index >= 15 is 0 Å². The van der Waals surface area contributed by atoms with Gasteiger partial charge in [0.05, 0.1) is 25.3 Å².